The standard InChI is InChI=1S/C11H21N3O2/c15-10(14-7-5-13-6-8-14)9-11(16)1-3-12-4-2-11/h12-13,16H,1-9H2. The van der Waals surface area contributed by atoms with E-state index in [-0.39, 0.29) is 12.3 Å². The van der Waals surface area contributed by atoms with Gasteiger partial charge in [-0.05, 0) is 25.9 Å². The SMILES string of the molecule is O=C(CC1(O)CCNCC1)N1CCNCC1. The molecule has 0 aromatic heterocycles. The summed E-state index contributed by atoms with van der Waals surface area (Å²) in [4.78, 5) is 13.8. The lowest BCUT2D eigenvalue weighted by atomic mass is 9.88. The van der Waals surface area contributed by atoms with Gasteiger partial charge in [-0.2, -0.15) is 0 Å². The summed E-state index contributed by atoms with van der Waals surface area (Å²) in [6.45, 7) is 4.90. The lowest BCUT2D eigenvalue weighted by Crippen LogP contribution is -2.50. The van der Waals surface area contributed by atoms with Crippen LogP contribution < -0.4 is 10.6 Å². The fraction of sp³-hybridized carbons (Fsp3) is 0.909. The molecule has 0 unspecified atom stereocenters. The van der Waals surface area contributed by atoms with Gasteiger partial charge in [-0.1, -0.05) is 0 Å². The zero-order valence-corrected chi connectivity index (χ0v) is 9.67. The van der Waals surface area contributed by atoms with Crippen molar-refractivity contribution in [2.75, 3.05) is 39.3 Å². The molecule has 2 heterocycles. The van der Waals surface area contributed by atoms with Crippen molar-refractivity contribution in [3.8, 4) is 0 Å². The van der Waals surface area contributed by atoms with Crippen LogP contribution in [0.25, 0.3) is 0 Å². The summed E-state index contributed by atoms with van der Waals surface area (Å²) in [7, 11) is 0. The van der Waals surface area contributed by atoms with E-state index < -0.39 is 5.60 Å². The zero-order valence-electron chi connectivity index (χ0n) is 9.67. The molecule has 3 N–H and O–H groups in total. The number of nitrogens with zero attached hydrogens (tertiary/aromatic N) is 1. The molecule has 0 atom stereocenters. The van der Waals surface area contributed by atoms with Gasteiger partial charge in [0.1, 0.15) is 0 Å². The van der Waals surface area contributed by atoms with Gasteiger partial charge in [0.25, 0.3) is 0 Å². The van der Waals surface area contributed by atoms with Crippen LogP contribution in [0.5, 0.6) is 0 Å². The molecule has 0 radical (unpaired) electrons. The third-order valence-electron chi connectivity index (χ3n) is 3.48. The van der Waals surface area contributed by atoms with E-state index in [2.05, 4.69) is 10.6 Å². The highest BCUT2D eigenvalue weighted by atomic mass is 16.3. The lowest BCUT2D eigenvalue weighted by Gasteiger charge is -2.35. The average Bonchev–Trinajstić information content (AvgIpc) is 2.30. The second-order valence-electron chi connectivity index (χ2n) is 4.78. The lowest BCUT2D eigenvalue weighted by molar-refractivity contribution is -0.138. The normalized spacial score (nSPS) is 25.4. The molecule has 0 aromatic rings. The largest absolute Gasteiger partial charge is 0.389 e. The summed E-state index contributed by atoms with van der Waals surface area (Å²) in [5.74, 6) is 0.103. The van der Waals surface area contributed by atoms with E-state index in [0.717, 1.165) is 39.3 Å². The van der Waals surface area contributed by atoms with Gasteiger partial charge in [0.15, 0.2) is 0 Å². The Hall–Kier alpha value is -0.650. The maximum absolute atomic E-state index is 12.0. The summed E-state index contributed by atoms with van der Waals surface area (Å²) in [5.41, 5.74) is -0.771. The van der Waals surface area contributed by atoms with Gasteiger partial charge in [0.2, 0.25) is 5.91 Å². The molecule has 1 amide bonds. The van der Waals surface area contributed by atoms with Crippen molar-refractivity contribution >= 4 is 5.91 Å². The van der Waals surface area contributed by atoms with Crippen LogP contribution in [-0.4, -0.2) is 60.8 Å². The monoisotopic (exact) mass is 227 g/mol. The number of nitrogens with one attached hydrogen (secondary N) is 2. The van der Waals surface area contributed by atoms with Crippen LogP contribution >= 0.6 is 0 Å². The van der Waals surface area contributed by atoms with Gasteiger partial charge >= 0.3 is 0 Å². The number of hydrogen-bond donors (Lipinski definition) is 3. The van der Waals surface area contributed by atoms with Gasteiger partial charge < -0.3 is 20.6 Å². The molecule has 2 aliphatic heterocycles. The molecular weight excluding hydrogens is 206 g/mol. The molecule has 2 aliphatic rings. The van der Waals surface area contributed by atoms with Crippen molar-refractivity contribution in [3.63, 3.8) is 0 Å². The minimum Gasteiger partial charge on any atom is -0.389 e. The first-order valence-electron chi connectivity index (χ1n) is 6.11. The Kier molecular flexibility index (Phi) is 3.78. The molecule has 92 valence electrons. The molecule has 0 aliphatic carbocycles. The first kappa shape index (κ1) is 11.8. The summed E-state index contributed by atoms with van der Waals surface area (Å²) >= 11 is 0. The second kappa shape index (κ2) is 5.12. The Balaban J connectivity index is 1.85. The minimum absolute atomic E-state index is 0.103. The van der Waals surface area contributed by atoms with Crippen LogP contribution in [0, 0.1) is 0 Å². The van der Waals surface area contributed by atoms with Crippen LogP contribution in [0.15, 0.2) is 0 Å². The van der Waals surface area contributed by atoms with E-state index in [4.69, 9.17) is 0 Å². The highest BCUT2D eigenvalue weighted by molar-refractivity contribution is 5.77. The number of rotatable bonds is 2. The first-order valence-corrected chi connectivity index (χ1v) is 6.11. The predicted molar refractivity (Wildman–Crippen MR) is 61.1 cm³/mol. The van der Waals surface area contributed by atoms with Crippen molar-refractivity contribution in [2.45, 2.75) is 24.9 Å². The van der Waals surface area contributed by atoms with Crippen molar-refractivity contribution in [2.24, 2.45) is 0 Å². The Morgan fingerprint density at radius 2 is 1.69 bits per heavy atom. The molecule has 16 heavy (non-hydrogen) atoms. The molecule has 2 saturated heterocycles. The van der Waals surface area contributed by atoms with E-state index in [0.29, 0.717) is 12.8 Å². The van der Waals surface area contributed by atoms with Gasteiger partial charge in [0.05, 0.1) is 12.0 Å². The average molecular weight is 227 g/mol. The maximum atomic E-state index is 12.0. The molecular formula is C11H21N3O2. The number of piperidine rings is 1. The summed E-state index contributed by atoms with van der Waals surface area (Å²) in [6, 6.07) is 0. The zero-order chi connectivity index (χ0) is 11.4. The van der Waals surface area contributed by atoms with E-state index in [1.165, 1.54) is 0 Å². The smallest absolute Gasteiger partial charge is 0.225 e. The van der Waals surface area contributed by atoms with Gasteiger partial charge in [-0.25, -0.2) is 0 Å². The quantitative estimate of drug-likeness (QED) is 0.562. The number of piperazine rings is 1. The maximum Gasteiger partial charge on any atom is 0.225 e. The van der Waals surface area contributed by atoms with E-state index >= 15 is 0 Å². The molecule has 0 spiro atoms. The van der Waals surface area contributed by atoms with E-state index in [9.17, 15) is 9.90 Å². The molecule has 2 fully saturated rings. The van der Waals surface area contributed by atoms with Crippen molar-refractivity contribution in [1.82, 2.24) is 15.5 Å². The summed E-state index contributed by atoms with van der Waals surface area (Å²) in [5, 5.41) is 16.7. The van der Waals surface area contributed by atoms with Crippen molar-refractivity contribution < 1.29 is 9.90 Å². The Bertz CT molecular complexity index is 246. The van der Waals surface area contributed by atoms with Gasteiger partial charge in [-0.3, -0.25) is 4.79 Å². The first-order chi connectivity index (χ1) is 7.70. The summed E-state index contributed by atoms with van der Waals surface area (Å²) in [6.07, 6.45) is 1.66. The Labute approximate surface area is 96.2 Å². The third kappa shape index (κ3) is 2.93. The predicted octanol–water partition coefficient (Wildman–Crippen LogP) is -1.08. The van der Waals surface area contributed by atoms with Crippen LogP contribution in [0.1, 0.15) is 19.3 Å². The fourth-order valence-electron chi connectivity index (χ4n) is 2.38. The number of amides is 1. The van der Waals surface area contributed by atoms with Crippen molar-refractivity contribution in [1.29, 1.82) is 0 Å². The third-order valence-corrected chi connectivity index (χ3v) is 3.48. The number of hydrogen-bond acceptors (Lipinski definition) is 4. The molecule has 5 heteroatoms. The molecule has 2 rings (SSSR count). The van der Waals surface area contributed by atoms with Crippen LogP contribution in [0.3, 0.4) is 0 Å². The van der Waals surface area contributed by atoms with Gasteiger partial charge in [0, 0.05) is 26.2 Å². The Morgan fingerprint density at radius 1 is 1.12 bits per heavy atom. The second-order valence-corrected chi connectivity index (χ2v) is 4.78. The van der Waals surface area contributed by atoms with E-state index in [1.807, 2.05) is 4.90 Å². The number of carbonyl (C=O) groups excluding carboxylic acids is 1. The Morgan fingerprint density at radius 3 is 2.31 bits per heavy atom. The highest BCUT2D eigenvalue weighted by Crippen LogP contribution is 2.23. The van der Waals surface area contributed by atoms with Crippen molar-refractivity contribution in [3.05, 3.63) is 0 Å². The van der Waals surface area contributed by atoms with E-state index in [1.54, 1.807) is 0 Å². The minimum atomic E-state index is -0.771. The molecule has 0 aromatic carbocycles. The van der Waals surface area contributed by atoms with Gasteiger partial charge in [-0.15, -0.1) is 0 Å². The molecule has 5 nitrogen and oxygen atoms in total. The molecule has 0 bridgehead atoms. The van der Waals surface area contributed by atoms with Crippen LogP contribution in [0.2, 0.25) is 0 Å². The summed E-state index contributed by atoms with van der Waals surface area (Å²) < 4.78 is 0. The topological polar surface area (TPSA) is 64.6 Å². The van der Waals surface area contributed by atoms with Crippen LogP contribution in [-0.2, 0) is 4.79 Å². The van der Waals surface area contributed by atoms with Crippen LogP contribution in [0.4, 0.5) is 0 Å². The number of carbonyl (C=O) groups is 1. The molecule has 0 saturated carbocycles. The fourth-order valence-corrected chi connectivity index (χ4v) is 2.38. The number of aliphatic hydroxyl groups is 1. The highest BCUT2D eigenvalue weighted by Gasteiger charge is 2.33.